The topological polar surface area (TPSA) is 76.4 Å². The highest BCUT2D eigenvalue weighted by atomic mass is 16.5. The predicted molar refractivity (Wildman–Crippen MR) is 89.0 cm³/mol. The van der Waals surface area contributed by atoms with Crippen LogP contribution >= 0.6 is 0 Å². The summed E-state index contributed by atoms with van der Waals surface area (Å²) in [5.74, 6) is 0.266. The van der Waals surface area contributed by atoms with E-state index in [1.54, 1.807) is 6.20 Å². The van der Waals surface area contributed by atoms with Crippen LogP contribution in [0.2, 0.25) is 0 Å². The largest absolute Gasteiger partial charge is 0.493 e. The van der Waals surface area contributed by atoms with Gasteiger partial charge < -0.3 is 15.2 Å². The molecule has 0 fully saturated rings. The summed E-state index contributed by atoms with van der Waals surface area (Å²) in [5.41, 5.74) is 1.67. The molecule has 23 heavy (non-hydrogen) atoms. The van der Waals surface area contributed by atoms with E-state index in [9.17, 15) is 9.90 Å². The van der Waals surface area contributed by atoms with Crippen molar-refractivity contribution in [1.29, 1.82) is 0 Å². The number of benzene rings is 1. The molecule has 124 valence electrons. The first-order chi connectivity index (χ1) is 11.0. The molecule has 0 saturated carbocycles. The lowest BCUT2D eigenvalue weighted by atomic mass is 10.2. The molecule has 0 aliphatic rings. The first-order valence-corrected chi connectivity index (χ1v) is 7.76. The van der Waals surface area contributed by atoms with Crippen LogP contribution in [-0.2, 0) is 13.1 Å². The second kappa shape index (κ2) is 7.67. The Kier molecular flexibility index (Phi) is 5.62. The van der Waals surface area contributed by atoms with E-state index in [1.807, 2.05) is 31.2 Å². The normalized spacial score (nSPS) is 10.8. The molecule has 0 aliphatic heterocycles. The fourth-order valence-electron chi connectivity index (χ4n) is 2.22. The van der Waals surface area contributed by atoms with Crippen LogP contribution in [0, 0.1) is 5.92 Å². The van der Waals surface area contributed by atoms with Crippen LogP contribution in [0.25, 0.3) is 0 Å². The molecular formula is C17H23N3O3. The molecule has 6 nitrogen and oxygen atoms in total. The Balaban J connectivity index is 2.12. The summed E-state index contributed by atoms with van der Waals surface area (Å²) in [4.78, 5) is 11.4. The van der Waals surface area contributed by atoms with Gasteiger partial charge in [0.25, 0.3) is 0 Å². The number of aromatic carboxylic acids is 1. The lowest BCUT2D eigenvalue weighted by Gasteiger charge is -2.14. The minimum Gasteiger partial charge on any atom is -0.493 e. The molecule has 0 atom stereocenters. The van der Waals surface area contributed by atoms with E-state index in [0.29, 0.717) is 31.3 Å². The van der Waals surface area contributed by atoms with Gasteiger partial charge in [-0.15, -0.1) is 0 Å². The monoisotopic (exact) mass is 317 g/mol. The number of rotatable bonds is 8. The summed E-state index contributed by atoms with van der Waals surface area (Å²) in [7, 11) is 0. The number of hydrogen-bond donors (Lipinski definition) is 2. The van der Waals surface area contributed by atoms with E-state index in [-0.39, 0.29) is 5.69 Å². The number of aromatic nitrogens is 2. The molecule has 6 heteroatoms. The van der Waals surface area contributed by atoms with Crippen molar-refractivity contribution in [2.24, 2.45) is 5.92 Å². The second-order valence-electron chi connectivity index (χ2n) is 5.69. The molecular weight excluding hydrogens is 294 g/mol. The number of carboxylic acids is 1. The Labute approximate surface area is 136 Å². The molecule has 0 saturated heterocycles. The van der Waals surface area contributed by atoms with Gasteiger partial charge in [-0.05, 0) is 18.9 Å². The quantitative estimate of drug-likeness (QED) is 0.781. The predicted octanol–water partition coefficient (Wildman–Crippen LogP) is 3.25. The fourth-order valence-corrected chi connectivity index (χ4v) is 2.22. The zero-order valence-corrected chi connectivity index (χ0v) is 13.7. The van der Waals surface area contributed by atoms with Crippen molar-refractivity contribution in [3.05, 3.63) is 41.7 Å². The van der Waals surface area contributed by atoms with Gasteiger partial charge in [0.05, 0.1) is 18.5 Å². The van der Waals surface area contributed by atoms with Crippen LogP contribution in [0.5, 0.6) is 5.75 Å². The Morgan fingerprint density at radius 3 is 2.78 bits per heavy atom. The van der Waals surface area contributed by atoms with E-state index in [4.69, 9.17) is 4.74 Å². The molecule has 0 spiro atoms. The first-order valence-electron chi connectivity index (χ1n) is 7.76. The molecule has 0 radical (unpaired) electrons. The number of aryl methyl sites for hydroxylation is 1. The molecule has 1 aromatic carbocycles. The number of nitrogens with one attached hydrogen (secondary N) is 1. The Morgan fingerprint density at radius 2 is 2.13 bits per heavy atom. The maximum absolute atomic E-state index is 11.4. The van der Waals surface area contributed by atoms with Crippen molar-refractivity contribution in [3.8, 4) is 5.75 Å². The number of carbonyl (C=O) groups is 1. The summed E-state index contributed by atoms with van der Waals surface area (Å²) in [6, 6.07) is 7.75. The summed E-state index contributed by atoms with van der Waals surface area (Å²) in [6.07, 6.45) is 1.55. The number of ether oxygens (including phenoxy) is 1. The van der Waals surface area contributed by atoms with Crippen molar-refractivity contribution in [2.75, 3.05) is 11.9 Å². The molecule has 2 rings (SSSR count). The molecule has 1 aromatic heterocycles. The molecule has 2 N–H and O–H groups in total. The summed E-state index contributed by atoms with van der Waals surface area (Å²) >= 11 is 0. The van der Waals surface area contributed by atoms with Crippen LogP contribution in [0.3, 0.4) is 0 Å². The van der Waals surface area contributed by atoms with Gasteiger partial charge in [0.15, 0.2) is 5.69 Å². The third-order valence-corrected chi connectivity index (χ3v) is 3.36. The summed E-state index contributed by atoms with van der Waals surface area (Å²) in [6.45, 7) is 7.68. The molecule has 2 aromatic rings. The van der Waals surface area contributed by atoms with Crippen LogP contribution in [-0.4, -0.2) is 27.5 Å². The Morgan fingerprint density at radius 1 is 1.39 bits per heavy atom. The van der Waals surface area contributed by atoms with E-state index < -0.39 is 5.97 Å². The lowest BCUT2D eigenvalue weighted by molar-refractivity contribution is 0.0684. The summed E-state index contributed by atoms with van der Waals surface area (Å²) < 4.78 is 7.28. The van der Waals surface area contributed by atoms with E-state index in [0.717, 1.165) is 11.3 Å². The van der Waals surface area contributed by atoms with Crippen LogP contribution < -0.4 is 10.1 Å². The number of anilines is 1. The van der Waals surface area contributed by atoms with Gasteiger partial charge in [0, 0.05) is 18.7 Å². The molecule has 0 unspecified atom stereocenters. The van der Waals surface area contributed by atoms with Gasteiger partial charge >= 0.3 is 5.97 Å². The maximum Gasteiger partial charge on any atom is 0.356 e. The SMILES string of the molecule is CCn1ncc(NCc2ccccc2OCC(C)C)c1C(=O)O. The zero-order chi connectivity index (χ0) is 16.8. The standard InChI is InChI=1S/C17H23N3O3/c1-4-20-16(17(21)22)14(10-19-20)18-9-13-7-5-6-8-15(13)23-11-12(2)3/h5-8,10,12,18H,4,9,11H2,1-3H3,(H,21,22). The Bertz CT molecular complexity index is 665. The van der Waals surface area contributed by atoms with E-state index in [1.165, 1.54) is 4.68 Å². The summed E-state index contributed by atoms with van der Waals surface area (Å²) in [5, 5.41) is 16.6. The molecule has 0 amide bonds. The fraction of sp³-hybridized carbons (Fsp3) is 0.412. The third-order valence-electron chi connectivity index (χ3n) is 3.36. The number of hydrogen-bond acceptors (Lipinski definition) is 4. The minimum absolute atomic E-state index is 0.174. The highest BCUT2D eigenvalue weighted by molar-refractivity contribution is 5.92. The molecule has 0 aliphatic carbocycles. The molecule has 1 heterocycles. The van der Waals surface area contributed by atoms with E-state index >= 15 is 0 Å². The van der Waals surface area contributed by atoms with Crippen molar-refractivity contribution in [3.63, 3.8) is 0 Å². The third kappa shape index (κ3) is 4.25. The first kappa shape index (κ1) is 16.9. The van der Waals surface area contributed by atoms with Gasteiger partial charge in [-0.2, -0.15) is 5.10 Å². The lowest BCUT2D eigenvalue weighted by Crippen LogP contribution is -2.12. The van der Waals surface area contributed by atoms with Crippen LogP contribution in [0.1, 0.15) is 36.8 Å². The van der Waals surface area contributed by atoms with Gasteiger partial charge in [0.1, 0.15) is 5.75 Å². The van der Waals surface area contributed by atoms with Crippen molar-refractivity contribution >= 4 is 11.7 Å². The van der Waals surface area contributed by atoms with Crippen LogP contribution in [0.15, 0.2) is 30.5 Å². The second-order valence-corrected chi connectivity index (χ2v) is 5.69. The number of carboxylic acid groups (broad SMARTS) is 1. The highest BCUT2D eigenvalue weighted by Crippen LogP contribution is 2.22. The van der Waals surface area contributed by atoms with Gasteiger partial charge in [-0.25, -0.2) is 4.79 Å². The average molecular weight is 317 g/mol. The van der Waals surface area contributed by atoms with Crippen molar-refractivity contribution in [2.45, 2.75) is 33.9 Å². The molecule has 0 bridgehead atoms. The van der Waals surface area contributed by atoms with Gasteiger partial charge in [-0.1, -0.05) is 32.0 Å². The average Bonchev–Trinajstić information content (AvgIpc) is 2.94. The smallest absolute Gasteiger partial charge is 0.356 e. The van der Waals surface area contributed by atoms with E-state index in [2.05, 4.69) is 24.3 Å². The van der Waals surface area contributed by atoms with Crippen molar-refractivity contribution < 1.29 is 14.6 Å². The number of para-hydroxylation sites is 1. The number of nitrogens with zero attached hydrogens (tertiary/aromatic N) is 2. The van der Waals surface area contributed by atoms with Gasteiger partial charge in [-0.3, -0.25) is 4.68 Å². The van der Waals surface area contributed by atoms with Crippen LogP contribution in [0.4, 0.5) is 5.69 Å². The minimum atomic E-state index is -0.990. The Hall–Kier alpha value is -2.50. The van der Waals surface area contributed by atoms with Crippen molar-refractivity contribution in [1.82, 2.24) is 9.78 Å². The maximum atomic E-state index is 11.4. The van der Waals surface area contributed by atoms with Gasteiger partial charge in [0.2, 0.25) is 0 Å². The highest BCUT2D eigenvalue weighted by Gasteiger charge is 2.17. The zero-order valence-electron chi connectivity index (χ0n) is 13.7.